The van der Waals surface area contributed by atoms with Gasteiger partial charge in [0, 0.05) is 37.1 Å². The minimum Gasteiger partial charge on any atom is -0.352 e. The topological polar surface area (TPSA) is 83.1 Å². The van der Waals surface area contributed by atoms with Crippen LogP contribution in [0.15, 0.2) is 48.8 Å². The standard InChI is InChI=1S/C18H20N4O2/c23-17(15-4-5-15)20-12-14-2-1-3-16(10-14)22-18(24)21-11-13-6-8-19-9-7-13/h1-3,6-10,15H,4-5,11-12H2,(H,20,23)(H2,21,22,24). The zero-order valence-electron chi connectivity index (χ0n) is 13.3. The molecule has 1 saturated carbocycles. The highest BCUT2D eigenvalue weighted by Crippen LogP contribution is 2.28. The number of nitrogens with one attached hydrogen (secondary N) is 3. The summed E-state index contributed by atoms with van der Waals surface area (Å²) in [5.74, 6) is 0.314. The summed E-state index contributed by atoms with van der Waals surface area (Å²) in [6.07, 6.45) is 5.36. The molecule has 6 nitrogen and oxygen atoms in total. The van der Waals surface area contributed by atoms with Crippen LogP contribution in [0.3, 0.4) is 0 Å². The fourth-order valence-electron chi connectivity index (χ4n) is 2.30. The van der Waals surface area contributed by atoms with Gasteiger partial charge in [-0.25, -0.2) is 4.79 Å². The van der Waals surface area contributed by atoms with E-state index in [-0.39, 0.29) is 17.9 Å². The number of benzene rings is 1. The summed E-state index contributed by atoms with van der Waals surface area (Å²) in [6, 6.07) is 10.9. The molecule has 2 aromatic rings. The highest BCUT2D eigenvalue weighted by atomic mass is 16.2. The Bertz CT molecular complexity index is 714. The van der Waals surface area contributed by atoms with Crippen LogP contribution in [0.1, 0.15) is 24.0 Å². The van der Waals surface area contributed by atoms with E-state index in [4.69, 9.17) is 0 Å². The number of carbonyl (C=O) groups is 2. The van der Waals surface area contributed by atoms with E-state index in [9.17, 15) is 9.59 Å². The second kappa shape index (κ2) is 7.59. The van der Waals surface area contributed by atoms with Gasteiger partial charge in [-0.05, 0) is 48.2 Å². The summed E-state index contributed by atoms with van der Waals surface area (Å²) in [5, 5.41) is 8.50. The van der Waals surface area contributed by atoms with Gasteiger partial charge in [0.25, 0.3) is 0 Å². The van der Waals surface area contributed by atoms with Gasteiger partial charge < -0.3 is 16.0 Å². The lowest BCUT2D eigenvalue weighted by molar-refractivity contribution is -0.122. The third kappa shape index (κ3) is 4.81. The minimum atomic E-state index is -0.272. The van der Waals surface area contributed by atoms with Crippen molar-refractivity contribution in [3.8, 4) is 0 Å². The largest absolute Gasteiger partial charge is 0.352 e. The Balaban J connectivity index is 1.48. The fraction of sp³-hybridized carbons (Fsp3) is 0.278. The van der Waals surface area contributed by atoms with Crippen LogP contribution in [0.4, 0.5) is 10.5 Å². The second-order valence-electron chi connectivity index (χ2n) is 5.86. The minimum absolute atomic E-state index is 0.114. The SMILES string of the molecule is O=C(NCc1ccncc1)Nc1cccc(CNC(=O)C2CC2)c1. The van der Waals surface area contributed by atoms with Gasteiger partial charge in [0.1, 0.15) is 0 Å². The molecule has 0 spiro atoms. The van der Waals surface area contributed by atoms with E-state index in [1.54, 1.807) is 12.4 Å². The van der Waals surface area contributed by atoms with Crippen molar-refractivity contribution in [1.29, 1.82) is 0 Å². The molecular formula is C18H20N4O2. The average molecular weight is 324 g/mol. The van der Waals surface area contributed by atoms with Gasteiger partial charge in [-0.1, -0.05) is 12.1 Å². The van der Waals surface area contributed by atoms with Crippen molar-refractivity contribution in [3.05, 3.63) is 59.9 Å². The van der Waals surface area contributed by atoms with Gasteiger partial charge in [0.05, 0.1) is 0 Å². The Kier molecular flexibility index (Phi) is 5.05. The molecule has 0 atom stereocenters. The highest BCUT2D eigenvalue weighted by molar-refractivity contribution is 5.89. The van der Waals surface area contributed by atoms with Crippen LogP contribution in [0, 0.1) is 5.92 Å². The van der Waals surface area contributed by atoms with Crippen molar-refractivity contribution >= 4 is 17.6 Å². The molecule has 0 unspecified atom stereocenters. The summed E-state index contributed by atoms with van der Waals surface area (Å²) in [6.45, 7) is 0.912. The van der Waals surface area contributed by atoms with Gasteiger partial charge in [-0.15, -0.1) is 0 Å². The van der Waals surface area contributed by atoms with Crippen molar-refractivity contribution in [2.24, 2.45) is 5.92 Å². The molecule has 0 aliphatic heterocycles. The van der Waals surface area contributed by atoms with Gasteiger partial charge in [-0.3, -0.25) is 9.78 Å². The molecule has 0 radical (unpaired) electrons. The maximum absolute atomic E-state index is 12.0. The number of hydrogen-bond donors (Lipinski definition) is 3. The summed E-state index contributed by atoms with van der Waals surface area (Å²) in [7, 11) is 0. The first-order chi connectivity index (χ1) is 11.7. The molecule has 3 rings (SSSR count). The van der Waals surface area contributed by atoms with E-state index in [1.165, 1.54) is 0 Å². The van der Waals surface area contributed by atoms with Crippen LogP contribution in [0.25, 0.3) is 0 Å². The number of hydrogen-bond acceptors (Lipinski definition) is 3. The Labute approximate surface area is 140 Å². The fourth-order valence-corrected chi connectivity index (χ4v) is 2.30. The molecule has 24 heavy (non-hydrogen) atoms. The maximum atomic E-state index is 12.0. The third-order valence-corrected chi connectivity index (χ3v) is 3.80. The molecule has 3 N–H and O–H groups in total. The van der Waals surface area contributed by atoms with Crippen LogP contribution < -0.4 is 16.0 Å². The van der Waals surface area contributed by atoms with Crippen LogP contribution in [0.5, 0.6) is 0 Å². The van der Waals surface area contributed by atoms with E-state index in [0.717, 1.165) is 24.0 Å². The van der Waals surface area contributed by atoms with Crippen molar-refractivity contribution < 1.29 is 9.59 Å². The first-order valence-corrected chi connectivity index (χ1v) is 8.01. The molecule has 3 amide bonds. The van der Waals surface area contributed by atoms with Crippen molar-refractivity contribution in [3.63, 3.8) is 0 Å². The van der Waals surface area contributed by atoms with E-state index in [1.807, 2.05) is 36.4 Å². The smallest absolute Gasteiger partial charge is 0.319 e. The normalized spacial score (nSPS) is 13.2. The molecule has 1 aromatic heterocycles. The van der Waals surface area contributed by atoms with Gasteiger partial charge in [0.15, 0.2) is 0 Å². The number of urea groups is 1. The van der Waals surface area contributed by atoms with E-state index >= 15 is 0 Å². The lowest BCUT2D eigenvalue weighted by Gasteiger charge is -2.10. The van der Waals surface area contributed by atoms with Crippen molar-refractivity contribution in [2.45, 2.75) is 25.9 Å². The second-order valence-corrected chi connectivity index (χ2v) is 5.86. The van der Waals surface area contributed by atoms with Crippen molar-refractivity contribution in [1.82, 2.24) is 15.6 Å². The summed E-state index contributed by atoms with van der Waals surface area (Å²) < 4.78 is 0. The number of aromatic nitrogens is 1. The van der Waals surface area contributed by atoms with Crippen LogP contribution in [-0.2, 0) is 17.9 Å². The molecule has 1 aliphatic carbocycles. The first-order valence-electron chi connectivity index (χ1n) is 8.01. The van der Waals surface area contributed by atoms with Gasteiger partial charge in [0.2, 0.25) is 5.91 Å². The monoisotopic (exact) mass is 324 g/mol. The number of nitrogens with zero attached hydrogens (tertiary/aromatic N) is 1. The molecule has 1 heterocycles. The molecule has 1 fully saturated rings. The average Bonchev–Trinajstić information content (AvgIpc) is 3.44. The summed E-state index contributed by atoms with van der Waals surface area (Å²) >= 11 is 0. The highest BCUT2D eigenvalue weighted by Gasteiger charge is 2.29. The summed E-state index contributed by atoms with van der Waals surface area (Å²) in [4.78, 5) is 27.6. The van der Waals surface area contributed by atoms with Crippen LogP contribution in [0.2, 0.25) is 0 Å². The zero-order valence-corrected chi connectivity index (χ0v) is 13.3. The van der Waals surface area contributed by atoms with Crippen LogP contribution >= 0.6 is 0 Å². The predicted molar refractivity (Wildman–Crippen MR) is 91.1 cm³/mol. The zero-order chi connectivity index (χ0) is 16.8. The van der Waals surface area contributed by atoms with Gasteiger partial charge >= 0.3 is 6.03 Å². The molecule has 0 bridgehead atoms. The molecule has 6 heteroatoms. The third-order valence-electron chi connectivity index (χ3n) is 3.80. The number of pyridine rings is 1. The number of amides is 3. The quantitative estimate of drug-likeness (QED) is 0.763. The van der Waals surface area contributed by atoms with Crippen LogP contribution in [-0.4, -0.2) is 16.9 Å². The predicted octanol–water partition coefficient (Wildman–Crippen LogP) is 2.43. The maximum Gasteiger partial charge on any atom is 0.319 e. The lowest BCUT2D eigenvalue weighted by atomic mass is 10.2. The summed E-state index contributed by atoms with van der Waals surface area (Å²) in [5.41, 5.74) is 2.63. The van der Waals surface area contributed by atoms with Gasteiger partial charge in [-0.2, -0.15) is 0 Å². The van der Waals surface area contributed by atoms with E-state index in [0.29, 0.717) is 18.8 Å². The molecule has 124 valence electrons. The molecule has 0 saturated heterocycles. The number of carbonyl (C=O) groups excluding carboxylic acids is 2. The molecule has 1 aromatic carbocycles. The Hall–Kier alpha value is -2.89. The molecule has 1 aliphatic rings. The van der Waals surface area contributed by atoms with Crippen molar-refractivity contribution in [2.75, 3.05) is 5.32 Å². The number of rotatable bonds is 6. The molecular weight excluding hydrogens is 304 g/mol. The lowest BCUT2D eigenvalue weighted by Crippen LogP contribution is -2.28. The number of anilines is 1. The van der Waals surface area contributed by atoms with E-state index < -0.39 is 0 Å². The Morgan fingerprint density at radius 2 is 1.75 bits per heavy atom. The Morgan fingerprint density at radius 1 is 1.00 bits per heavy atom. The Morgan fingerprint density at radius 3 is 2.50 bits per heavy atom. The van der Waals surface area contributed by atoms with E-state index in [2.05, 4.69) is 20.9 Å². The first kappa shape index (κ1) is 16.0.